The van der Waals surface area contributed by atoms with E-state index >= 15 is 0 Å². The Morgan fingerprint density at radius 2 is 2.28 bits per heavy atom. The Hall–Kier alpha value is -0.390. The van der Waals surface area contributed by atoms with Crippen molar-refractivity contribution in [3.05, 3.63) is 20.8 Å². The minimum Gasteiger partial charge on any atom is -0.394 e. The molecule has 2 N–H and O–H groups in total. The largest absolute Gasteiger partial charge is 0.394 e. The van der Waals surface area contributed by atoms with Crippen LogP contribution in [0.3, 0.4) is 0 Å². The molecule has 0 bridgehead atoms. The Balaban J connectivity index is 2.04. The van der Waals surface area contributed by atoms with Gasteiger partial charge in [-0.2, -0.15) is 0 Å². The van der Waals surface area contributed by atoms with Crippen molar-refractivity contribution in [3.8, 4) is 0 Å². The summed E-state index contributed by atoms with van der Waals surface area (Å²) in [6, 6.07) is 1.82. The highest BCUT2D eigenvalue weighted by Gasteiger charge is 2.35. The van der Waals surface area contributed by atoms with E-state index in [0.717, 1.165) is 29.5 Å². The molecule has 0 spiro atoms. The smallest absolute Gasteiger partial charge is 0.252 e. The molecule has 1 amide bonds. The summed E-state index contributed by atoms with van der Waals surface area (Å²) in [4.78, 5) is 12.1. The fourth-order valence-electron chi connectivity index (χ4n) is 2.38. The maximum absolute atomic E-state index is 12.1. The highest BCUT2D eigenvalue weighted by molar-refractivity contribution is 9.11. The molecular weight excluding hydrogens is 314 g/mol. The molecule has 0 saturated heterocycles. The van der Waals surface area contributed by atoms with Crippen molar-refractivity contribution >= 4 is 33.2 Å². The third kappa shape index (κ3) is 3.13. The van der Waals surface area contributed by atoms with E-state index < -0.39 is 5.54 Å². The predicted octanol–water partition coefficient (Wildman–Crippen LogP) is 3.18. The molecule has 100 valence electrons. The van der Waals surface area contributed by atoms with Crippen LogP contribution in [0.25, 0.3) is 0 Å². The Labute approximate surface area is 120 Å². The van der Waals surface area contributed by atoms with Gasteiger partial charge in [0.1, 0.15) is 0 Å². The first-order valence-electron chi connectivity index (χ1n) is 6.22. The maximum atomic E-state index is 12.1. The lowest BCUT2D eigenvalue weighted by atomic mass is 9.77. The summed E-state index contributed by atoms with van der Waals surface area (Å²) in [5, 5.41) is 14.5. The van der Waals surface area contributed by atoms with Gasteiger partial charge in [-0.15, -0.1) is 11.3 Å². The fraction of sp³-hybridized carbons (Fsp3) is 0.615. The Kier molecular flexibility index (Phi) is 4.45. The van der Waals surface area contributed by atoms with Crippen molar-refractivity contribution in [1.29, 1.82) is 0 Å². The molecule has 1 fully saturated rings. The summed E-state index contributed by atoms with van der Waals surface area (Å²) < 4.78 is 0.947. The van der Waals surface area contributed by atoms with Crippen molar-refractivity contribution in [3.63, 3.8) is 0 Å². The van der Waals surface area contributed by atoms with Gasteiger partial charge in [-0.05, 0) is 53.6 Å². The van der Waals surface area contributed by atoms with Gasteiger partial charge in [0.2, 0.25) is 0 Å². The van der Waals surface area contributed by atoms with Gasteiger partial charge >= 0.3 is 0 Å². The Morgan fingerprint density at radius 3 is 2.78 bits per heavy atom. The Morgan fingerprint density at radius 1 is 1.61 bits per heavy atom. The van der Waals surface area contributed by atoms with E-state index in [1.165, 1.54) is 11.3 Å². The SMILES string of the molecule is CC1CCC(CO)(NC(=O)c2csc(Br)c2)CC1. The van der Waals surface area contributed by atoms with E-state index in [1.54, 1.807) is 0 Å². The molecular formula is C13H18BrNO2S. The second-order valence-electron chi connectivity index (χ2n) is 5.21. The van der Waals surface area contributed by atoms with Crippen LogP contribution in [0.1, 0.15) is 43.0 Å². The van der Waals surface area contributed by atoms with E-state index in [-0.39, 0.29) is 12.5 Å². The molecule has 1 aliphatic carbocycles. The minimum absolute atomic E-state index is 0.0246. The Bertz CT molecular complexity index is 424. The molecule has 3 nitrogen and oxygen atoms in total. The molecule has 1 saturated carbocycles. The number of carbonyl (C=O) groups excluding carboxylic acids is 1. The number of aliphatic hydroxyl groups excluding tert-OH is 1. The first-order chi connectivity index (χ1) is 8.54. The average molecular weight is 332 g/mol. The molecule has 1 heterocycles. The quantitative estimate of drug-likeness (QED) is 0.893. The van der Waals surface area contributed by atoms with Crippen molar-refractivity contribution in [2.75, 3.05) is 6.61 Å². The standard InChI is InChI=1S/C13H18BrNO2S/c1-9-2-4-13(8-16,5-3-9)15-12(17)10-6-11(14)18-7-10/h6-7,9,16H,2-5,8H2,1H3,(H,15,17). The van der Waals surface area contributed by atoms with E-state index in [0.29, 0.717) is 11.5 Å². The molecule has 0 aromatic carbocycles. The summed E-state index contributed by atoms with van der Waals surface area (Å²) in [5.41, 5.74) is 0.246. The summed E-state index contributed by atoms with van der Waals surface area (Å²) in [6.07, 6.45) is 3.85. The topological polar surface area (TPSA) is 49.3 Å². The summed E-state index contributed by atoms with van der Waals surface area (Å²) >= 11 is 4.85. The summed E-state index contributed by atoms with van der Waals surface area (Å²) in [6.45, 7) is 2.25. The number of carbonyl (C=O) groups is 1. The number of thiophene rings is 1. The second-order valence-corrected chi connectivity index (χ2v) is 7.51. The zero-order chi connectivity index (χ0) is 13.2. The molecule has 0 unspecified atom stereocenters. The first kappa shape index (κ1) is 14.0. The number of hydrogen-bond acceptors (Lipinski definition) is 3. The normalized spacial score (nSPS) is 28.1. The van der Waals surface area contributed by atoms with Crippen LogP contribution in [0, 0.1) is 5.92 Å². The molecule has 1 aliphatic rings. The second kappa shape index (κ2) is 5.72. The number of rotatable bonds is 3. The highest BCUT2D eigenvalue weighted by atomic mass is 79.9. The van der Waals surface area contributed by atoms with Crippen molar-refractivity contribution < 1.29 is 9.90 Å². The lowest BCUT2D eigenvalue weighted by molar-refractivity contribution is 0.0717. The molecule has 1 aromatic rings. The zero-order valence-electron chi connectivity index (χ0n) is 10.4. The number of hydrogen-bond donors (Lipinski definition) is 2. The predicted molar refractivity (Wildman–Crippen MR) is 76.9 cm³/mol. The van der Waals surface area contributed by atoms with Gasteiger partial charge in [0.05, 0.1) is 21.5 Å². The van der Waals surface area contributed by atoms with Gasteiger partial charge < -0.3 is 10.4 Å². The monoisotopic (exact) mass is 331 g/mol. The number of nitrogens with one attached hydrogen (secondary N) is 1. The fourth-order valence-corrected chi connectivity index (χ4v) is 3.52. The summed E-state index contributed by atoms with van der Waals surface area (Å²) in [7, 11) is 0. The van der Waals surface area contributed by atoms with Crippen LogP contribution in [0.4, 0.5) is 0 Å². The minimum atomic E-state index is -0.419. The van der Waals surface area contributed by atoms with Gasteiger partial charge in [-0.1, -0.05) is 6.92 Å². The van der Waals surface area contributed by atoms with Gasteiger partial charge in [-0.25, -0.2) is 0 Å². The highest BCUT2D eigenvalue weighted by Crippen LogP contribution is 2.32. The van der Waals surface area contributed by atoms with Crippen molar-refractivity contribution in [2.45, 2.75) is 38.1 Å². The third-order valence-electron chi connectivity index (χ3n) is 3.74. The maximum Gasteiger partial charge on any atom is 0.252 e. The van der Waals surface area contributed by atoms with E-state index in [2.05, 4.69) is 28.2 Å². The number of amides is 1. The van der Waals surface area contributed by atoms with Gasteiger partial charge in [0, 0.05) is 5.38 Å². The van der Waals surface area contributed by atoms with Crippen molar-refractivity contribution in [2.24, 2.45) is 5.92 Å². The van der Waals surface area contributed by atoms with E-state index in [9.17, 15) is 9.90 Å². The van der Waals surface area contributed by atoms with Gasteiger partial charge in [0.15, 0.2) is 0 Å². The molecule has 1 aromatic heterocycles. The van der Waals surface area contributed by atoms with Gasteiger partial charge in [-0.3, -0.25) is 4.79 Å². The van der Waals surface area contributed by atoms with Crippen molar-refractivity contribution in [1.82, 2.24) is 5.32 Å². The van der Waals surface area contributed by atoms with Crippen LogP contribution in [0.2, 0.25) is 0 Å². The summed E-state index contributed by atoms with van der Waals surface area (Å²) in [5.74, 6) is 0.609. The van der Waals surface area contributed by atoms with Crippen LogP contribution >= 0.6 is 27.3 Å². The molecule has 5 heteroatoms. The van der Waals surface area contributed by atoms with E-state index in [4.69, 9.17) is 0 Å². The van der Waals surface area contributed by atoms with Crippen LogP contribution in [-0.2, 0) is 0 Å². The van der Waals surface area contributed by atoms with E-state index in [1.807, 2.05) is 11.4 Å². The van der Waals surface area contributed by atoms with Crippen LogP contribution in [0.5, 0.6) is 0 Å². The lowest BCUT2D eigenvalue weighted by Gasteiger charge is -2.38. The third-order valence-corrected chi connectivity index (χ3v) is 5.25. The number of aliphatic hydroxyl groups is 1. The lowest BCUT2D eigenvalue weighted by Crippen LogP contribution is -2.53. The first-order valence-corrected chi connectivity index (χ1v) is 7.89. The van der Waals surface area contributed by atoms with Crippen LogP contribution in [0.15, 0.2) is 15.2 Å². The van der Waals surface area contributed by atoms with Crippen LogP contribution in [-0.4, -0.2) is 23.2 Å². The number of halogens is 1. The molecule has 0 atom stereocenters. The molecule has 0 aliphatic heterocycles. The molecule has 0 radical (unpaired) electrons. The average Bonchev–Trinajstić information content (AvgIpc) is 2.79. The van der Waals surface area contributed by atoms with Crippen LogP contribution < -0.4 is 5.32 Å². The zero-order valence-corrected chi connectivity index (χ0v) is 12.8. The molecule has 2 rings (SSSR count). The molecule has 18 heavy (non-hydrogen) atoms. The van der Waals surface area contributed by atoms with Gasteiger partial charge in [0.25, 0.3) is 5.91 Å².